The molecule has 0 unspecified atom stereocenters. The molecule has 1 amide bonds. The minimum Gasteiger partial charge on any atom is -0.495 e. The molecule has 6 heteroatoms. The molecule has 2 N–H and O–H groups in total. The van der Waals surface area contributed by atoms with E-state index in [1.54, 1.807) is 25.3 Å². The Morgan fingerprint density at radius 2 is 1.88 bits per heavy atom. The predicted octanol–water partition coefficient (Wildman–Crippen LogP) is 4.72. The van der Waals surface area contributed by atoms with E-state index < -0.39 is 0 Å². The number of amides is 1. The van der Waals surface area contributed by atoms with Gasteiger partial charge in [-0.2, -0.15) is 0 Å². The van der Waals surface area contributed by atoms with Crippen molar-refractivity contribution in [3.05, 3.63) is 47.5 Å². The third-order valence-corrected chi connectivity index (χ3v) is 4.59. The van der Waals surface area contributed by atoms with Gasteiger partial charge in [0.25, 0.3) is 0 Å². The molecule has 0 spiro atoms. The highest BCUT2D eigenvalue weighted by molar-refractivity contribution is 6.31. The van der Waals surface area contributed by atoms with Gasteiger partial charge < -0.3 is 20.1 Å². The predicted molar refractivity (Wildman–Crippen MR) is 104 cm³/mol. The first kappa shape index (κ1) is 18.4. The number of methoxy groups -OCH3 is 1. The van der Waals surface area contributed by atoms with Gasteiger partial charge >= 0.3 is 0 Å². The Morgan fingerprint density at radius 1 is 1.12 bits per heavy atom. The van der Waals surface area contributed by atoms with Crippen LogP contribution in [0.1, 0.15) is 25.7 Å². The Balaban J connectivity index is 1.60. The molecule has 0 heterocycles. The SMILES string of the molecule is COc1ccc(Cl)cc1NC(=O)CNc1ccccc1OC1CCCC1. The van der Waals surface area contributed by atoms with Crippen LogP contribution in [0.4, 0.5) is 11.4 Å². The third-order valence-electron chi connectivity index (χ3n) is 4.36. The Bertz CT molecular complexity index is 760. The highest BCUT2D eigenvalue weighted by atomic mass is 35.5. The van der Waals surface area contributed by atoms with Gasteiger partial charge in [-0.3, -0.25) is 4.79 Å². The second-order valence-electron chi connectivity index (χ2n) is 6.27. The van der Waals surface area contributed by atoms with E-state index in [1.165, 1.54) is 12.8 Å². The van der Waals surface area contributed by atoms with Gasteiger partial charge in [-0.15, -0.1) is 0 Å². The van der Waals surface area contributed by atoms with E-state index in [4.69, 9.17) is 21.1 Å². The number of rotatable bonds is 7. The van der Waals surface area contributed by atoms with Crippen LogP contribution in [0.25, 0.3) is 0 Å². The molecule has 1 saturated carbocycles. The number of carbonyl (C=O) groups is 1. The summed E-state index contributed by atoms with van der Waals surface area (Å²) in [5.74, 6) is 1.15. The van der Waals surface area contributed by atoms with Crippen molar-refractivity contribution in [1.82, 2.24) is 0 Å². The zero-order valence-electron chi connectivity index (χ0n) is 14.8. The fraction of sp³-hybridized carbons (Fsp3) is 0.350. The monoisotopic (exact) mass is 374 g/mol. The number of anilines is 2. The smallest absolute Gasteiger partial charge is 0.243 e. The van der Waals surface area contributed by atoms with Crippen molar-refractivity contribution in [1.29, 1.82) is 0 Å². The van der Waals surface area contributed by atoms with Crippen LogP contribution in [0.15, 0.2) is 42.5 Å². The van der Waals surface area contributed by atoms with Crippen molar-refractivity contribution in [2.24, 2.45) is 0 Å². The number of para-hydroxylation sites is 2. The van der Waals surface area contributed by atoms with Crippen LogP contribution >= 0.6 is 11.6 Å². The third kappa shape index (κ3) is 4.82. The molecule has 0 aromatic heterocycles. The van der Waals surface area contributed by atoms with E-state index in [1.807, 2.05) is 24.3 Å². The highest BCUT2D eigenvalue weighted by Crippen LogP contribution is 2.30. The van der Waals surface area contributed by atoms with E-state index in [0.29, 0.717) is 16.5 Å². The van der Waals surface area contributed by atoms with Crippen molar-refractivity contribution >= 4 is 28.9 Å². The number of nitrogens with one attached hydrogen (secondary N) is 2. The summed E-state index contributed by atoms with van der Waals surface area (Å²) in [5, 5.41) is 6.49. The summed E-state index contributed by atoms with van der Waals surface area (Å²) in [5.41, 5.74) is 1.36. The molecule has 0 radical (unpaired) electrons. The lowest BCUT2D eigenvalue weighted by Gasteiger charge is -2.17. The molecule has 0 atom stereocenters. The highest BCUT2D eigenvalue weighted by Gasteiger charge is 2.18. The van der Waals surface area contributed by atoms with Crippen LogP contribution in [0, 0.1) is 0 Å². The van der Waals surface area contributed by atoms with Crippen molar-refractivity contribution in [3.63, 3.8) is 0 Å². The van der Waals surface area contributed by atoms with E-state index in [-0.39, 0.29) is 18.6 Å². The average molecular weight is 375 g/mol. The van der Waals surface area contributed by atoms with Crippen molar-refractivity contribution in [2.45, 2.75) is 31.8 Å². The standard InChI is InChI=1S/C20H23ClN2O3/c1-25-18-11-10-14(21)12-17(18)23-20(24)13-22-16-8-4-5-9-19(16)26-15-6-2-3-7-15/h4-5,8-12,15,22H,2-3,6-7,13H2,1H3,(H,23,24). The fourth-order valence-electron chi connectivity index (χ4n) is 3.05. The van der Waals surface area contributed by atoms with E-state index in [9.17, 15) is 4.79 Å². The van der Waals surface area contributed by atoms with Gasteiger partial charge in [0.05, 0.1) is 31.1 Å². The molecule has 138 valence electrons. The van der Waals surface area contributed by atoms with Crippen LogP contribution in [-0.4, -0.2) is 25.7 Å². The molecule has 5 nitrogen and oxygen atoms in total. The van der Waals surface area contributed by atoms with Crippen LogP contribution in [0.5, 0.6) is 11.5 Å². The molecule has 2 aromatic carbocycles. The number of halogens is 1. The molecule has 2 aromatic rings. The van der Waals surface area contributed by atoms with Crippen LogP contribution in [0.3, 0.4) is 0 Å². The van der Waals surface area contributed by atoms with Gasteiger partial charge in [-0.05, 0) is 56.0 Å². The zero-order chi connectivity index (χ0) is 18.4. The van der Waals surface area contributed by atoms with Gasteiger partial charge in [0.1, 0.15) is 11.5 Å². The van der Waals surface area contributed by atoms with Crippen LogP contribution in [0.2, 0.25) is 5.02 Å². The van der Waals surface area contributed by atoms with E-state index in [2.05, 4.69) is 10.6 Å². The summed E-state index contributed by atoms with van der Waals surface area (Å²) in [6.07, 6.45) is 4.86. The molecule has 0 bridgehead atoms. The van der Waals surface area contributed by atoms with Gasteiger partial charge in [0.15, 0.2) is 0 Å². The molecular weight excluding hydrogens is 352 g/mol. The zero-order valence-corrected chi connectivity index (χ0v) is 15.5. The van der Waals surface area contributed by atoms with E-state index in [0.717, 1.165) is 24.3 Å². The normalized spacial score (nSPS) is 14.1. The number of hydrogen-bond donors (Lipinski definition) is 2. The Hall–Kier alpha value is -2.40. The van der Waals surface area contributed by atoms with Gasteiger partial charge in [-0.1, -0.05) is 23.7 Å². The molecular formula is C20H23ClN2O3. The fourth-order valence-corrected chi connectivity index (χ4v) is 3.22. The lowest BCUT2D eigenvalue weighted by atomic mass is 10.2. The Morgan fingerprint density at radius 3 is 2.65 bits per heavy atom. The number of benzene rings is 2. The maximum absolute atomic E-state index is 12.3. The van der Waals surface area contributed by atoms with Crippen LogP contribution in [-0.2, 0) is 4.79 Å². The maximum Gasteiger partial charge on any atom is 0.243 e. The summed E-state index contributed by atoms with van der Waals surface area (Å²) in [6.45, 7) is 0.112. The summed E-state index contributed by atoms with van der Waals surface area (Å²) in [4.78, 5) is 12.3. The van der Waals surface area contributed by atoms with Crippen molar-refractivity contribution < 1.29 is 14.3 Å². The van der Waals surface area contributed by atoms with Crippen LogP contribution < -0.4 is 20.1 Å². The van der Waals surface area contributed by atoms with Crippen molar-refractivity contribution in [3.8, 4) is 11.5 Å². The number of hydrogen-bond acceptors (Lipinski definition) is 4. The molecule has 0 aliphatic heterocycles. The second kappa shape index (κ2) is 8.81. The second-order valence-corrected chi connectivity index (χ2v) is 6.70. The average Bonchev–Trinajstić information content (AvgIpc) is 3.14. The first-order valence-electron chi connectivity index (χ1n) is 8.78. The lowest BCUT2D eigenvalue weighted by Crippen LogP contribution is -2.22. The first-order valence-corrected chi connectivity index (χ1v) is 9.16. The Kier molecular flexibility index (Phi) is 6.23. The van der Waals surface area contributed by atoms with Gasteiger partial charge in [0, 0.05) is 5.02 Å². The topological polar surface area (TPSA) is 59.6 Å². The molecule has 1 aliphatic rings. The lowest BCUT2D eigenvalue weighted by molar-refractivity contribution is -0.114. The summed E-state index contributed by atoms with van der Waals surface area (Å²) >= 11 is 5.99. The molecule has 1 aliphatic carbocycles. The first-order chi connectivity index (χ1) is 12.7. The molecule has 26 heavy (non-hydrogen) atoms. The largest absolute Gasteiger partial charge is 0.495 e. The molecule has 0 saturated heterocycles. The van der Waals surface area contributed by atoms with Gasteiger partial charge in [-0.25, -0.2) is 0 Å². The summed E-state index contributed by atoms with van der Waals surface area (Å²) in [7, 11) is 1.55. The quantitative estimate of drug-likeness (QED) is 0.736. The van der Waals surface area contributed by atoms with Crippen molar-refractivity contribution in [2.75, 3.05) is 24.3 Å². The maximum atomic E-state index is 12.3. The number of ether oxygens (including phenoxy) is 2. The van der Waals surface area contributed by atoms with Gasteiger partial charge in [0.2, 0.25) is 5.91 Å². The summed E-state index contributed by atoms with van der Waals surface area (Å²) < 4.78 is 11.3. The Labute approximate surface area is 158 Å². The molecule has 1 fully saturated rings. The summed E-state index contributed by atoms with van der Waals surface area (Å²) in [6, 6.07) is 12.8. The molecule has 3 rings (SSSR count). The minimum absolute atomic E-state index is 0.112. The minimum atomic E-state index is -0.193. The van der Waals surface area contributed by atoms with E-state index >= 15 is 0 Å². The number of carbonyl (C=O) groups excluding carboxylic acids is 1.